The Morgan fingerprint density at radius 3 is 2.58 bits per heavy atom. The van der Waals surface area contributed by atoms with E-state index in [0.29, 0.717) is 12.3 Å². The van der Waals surface area contributed by atoms with E-state index in [1.807, 2.05) is 0 Å². The zero-order valence-electron chi connectivity index (χ0n) is 6.49. The van der Waals surface area contributed by atoms with Crippen LogP contribution in [0.15, 0.2) is 0 Å². The van der Waals surface area contributed by atoms with E-state index in [-0.39, 0.29) is 6.42 Å². The predicted molar refractivity (Wildman–Crippen MR) is 47.1 cm³/mol. The molecule has 1 atom stereocenters. The van der Waals surface area contributed by atoms with Crippen LogP contribution in [0.1, 0.15) is 6.42 Å². The third kappa shape index (κ3) is 4.97. The standard InChI is InChI=1S/C6H12N2O3S/c7-4(3-5(9)10)6(11)8-1-2-12/h4,12H,1-3,7H2,(H,8,11)(H,9,10)/t4-/m0/s1. The van der Waals surface area contributed by atoms with E-state index in [1.54, 1.807) is 0 Å². The van der Waals surface area contributed by atoms with Gasteiger partial charge in [-0.3, -0.25) is 9.59 Å². The van der Waals surface area contributed by atoms with E-state index in [0.717, 1.165) is 0 Å². The summed E-state index contributed by atoms with van der Waals surface area (Å²) in [4.78, 5) is 21.0. The Morgan fingerprint density at radius 1 is 1.58 bits per heavy atom. The van der Waals surface area contributed by atoms with Crippen LogP contribution >= 0.6 is 12.6 Å². The van der Waals surface area contributed by atoms with Gasteiger partial charge in [-0.15, -0.1) is 0 Å². The fraction of sp³-hybridized carbons (Fsp3) is 0.667. The minimum absolute atomic E-state index is 0.349. The molecule has 12 heavy (non-hydrogen) atoms. The van der Waals surface area contributed by atoms with Crippen molar-refractivity contribution in [2.24, 2.45) is 5.73 Å². The van der Waals surface area contributed by atoms with Crippen LogP contribution in [-0.2, 0) is 9.59 Å². The Kier molecular flexibility index (Phi) is 5.48. The number of hydrogen-bond acceptors (Lipinski definition) is 4. The number of carbonyl (C=O) groups is 2. The van der Waals surface area contributed by atoms with E-state index in [1.165, 1.54) is 0 Å². The molecule has 0 heterocycles. The molecule has 0 saturated heterocycles. The molecule has 0 aromatic rings. The van der Waals surface area contributed by atoms with Gasteiger partial charge in [-0.25, -0.2) is 0 Å². The molecule has 70 valence electrons. The lowest BCUT2D eigenvalue weighted by molar-refractivity contribution is -0.139. The van der Waals surface area contributed by atoms with Crippen molar-refractivity contribution in [3.8, 4) is 0 Å². The first kappa shape index (κ1) is 11.2. The van der Waals surface area contributed by atoms with Gasteiger partial charge in [-0.05, 0) is 0 Å². The average molecular weight is 192 g/mol. The van der Waals surface area contributed by atoms with Crippen LogP contribution in [0.25, 0.3) is 0 Å². The monoisotopic (exact) mass is 192 g/mol. The van der Waals surface area contributed by atoms with Crippen molar-refractivity contribution in [3.63, 3.8) is 0 Å². The van der Waals surface area contributed by atoms with Crippen molar-refractivity contribution in [2.75, 3.05) is 12.3 Å². The van der Waals surface area contributed by atoms with Gasteiger partial charge in [0.25, 0.3) is 0 Å². The second-order valence-corrected chi connectivity index (χ2v) is 2.67. The Hall–Kier alpha value is -0.750. The number of carboxylic acid groups (broad SMARTS) is 1. The SMILES string of the molecule is N[C@@H](CC(=O)O)C(=O)NCCS. The van der Waals surface area contributed by atoms with Crippen molar-refractivity contribution in [1.82, 2.24) is 5.32 Å². The molecular formula is C6H12N2O3S. The minimum Gasteiger partial charge on any atom is -0.481 e. The Labute approximate surface area is 75.7 Å². The summed E-state index contributed by atoms with van der Waals surface area (Å²) in [7, 11) is 0. The average Bonchev–Trinajstić information content (AvgIpc) is 1.98. The quantitative estimate of drug-likeness (QED) is 0.413. The smallest absolute Gasteiger partial charge is 0.305 e. The summed E-state index contributed by atoms with van der Waals surface area (Å²) in [5.74, 6) is -1.03. The fourth-order valence-electron chi connectivity index (χ4n) is 0.591. The summed E-state index contributed by atoms with van der Waals surface area (Å²) in [5, 5.41) is 10.7. The van der Waals surface area contributed by atoms with Crippen molar-refractivity contribution in [2.45, 2.75) is 12.5 Å². The number of carbonyl (C=O) groups excluding carboxylic acids is 1. The van der Waals surface area contributed by atoms with E-state index < -0.39 is 17.9 Å². The van der Waals surface area contributed by atoms with Crippen LogP contribution in [0.2, 0.25) is 0 Å². The number of rotatable bonds is 5. The first-order valence-corrected chi connectivity index (χ1v) is 4.07. The molecule has 0 bridgehead atoms. The fourth-order valence-corrected chi connectivity index (χ4v) is 0.703. The van der Waals surface area contributed by atoms with Crippen molar-refractivity contribution in [1.29, 1.82) is 0 Å². The second kappa shape index (κ2) is 5.84. The van der Waals surface area contributed by atoms with E-state index in [2.05, 4.69) is 17.9 Å². The maximum absolute atomic E-state index is 10.9. The Morgan fingerprint density at radius 2 is 2.17 bits per heavy atom. The van der Waals surface area contributed by atoms with Gasteiger partial charge in [0.15, 0.2) is 0 Å². The van der Waals surface area contributed by atoms with Crippen molar-refractivity contribution < 1.29 is 14.7 Å². The molecule has 0 spiro atoms. The first-order chi connectivity index (χ1) is 5.57. The van der Waals surface area contributed by atoms with E-state index >= 15 is 0 Å². The number of nitrogens with two attached hydrogens (primary N) is 1. The number of amides is 1. The number of hydrogen-bond donors (Lipinski definition) is 4. The molecule has 0 aliphatic carbocycles. The molecule has 0 saturated carbocycles. The molecular weight excluding hydrogens is 180 g/mol. The van der Waals surface area contributed by atoms with Crippen LogP contribution in [0.4, 0.5) is 0 Å². The van der Waals surface area contributed by atoms with Crippen LogP contribution in [0.3, 0.4) is 0 Å². The molecule has 0 radical (unpaired) electrons. The van der Waals surface area contributed by atoms with Gasteiger partial charge in [-0.2, -0.15) is 12.6 Å². The molecule has 0 aliphatic rings. The molecule has 5 nitrogen and oxygen atoms in total. The molecule has 1 amide bonds. The Bertz CT molecular complexity index is 174. The van der Waals surface area contributed by atoms with Gasteiger partial charge in [0.2, 0.25) is 5.91 Å². The summed E-state index contributed by atoms with van der Waals surface area (Å²) in [6, 6.07) is -0.970. The number of thiol groups is 1. The third-order valence-corrected chi connectivity index (χ3v) is 1.37. The molecule has 6 heteroatoms. The molecule has 0 aliphatic heterocycles. The van der Waals surface area contributed by atoms with E-state index in [9.17, 15) is 9.59 Å². The van der Waals surface area contributed by atoms with Crippen LogP contribution < -0.4 is 11.1 Å². The molecule has 0 rings (SSSR count). The largest absolute Gasteiger partial charge is 0.481 e. The summed E-state index contributed by atoms with van der Waals surface area (Å²) >= 11 is 3.86. The lowest BCUT2D eigenvalue weighted by Crippen LogP contribution is -2.42. The van der Waals surface area contributed by atoms with Gasteiger partial charge in [0.05, 0.1) is 12.5 Å². The van der Waals surface area contributed by atoms with Crippen LogP contribution in [0, 0.1) is 0 Å². The lowest BCUT2D eigenvalue weighted by atomic mass is 10.2. The van der Waals surface area contributed by atoms with Gasteiger partial charge in [-0.1, -0.05) is 0 Å². The van der Waals surface area contributed by atoms with Gasteiger partial charge in [0, 0.05) is 12.3 Å². The topological polar surface area (TPSA) is 92.4 Å². The van der Waals surface area contributed by atoms with Gasteiger partial charge >= 0.3 is 5.97 Å². The van der Waals surface area contributed by atoms with Gasteiger partial charge < -0.3 is 16.2 Å². The minimum atomic E-state index is -1.08. The molecule has 0 aromatic carbocycles. The summed E-state index contributed by atoms with van der Waals surface area (Å²) in [6.07, 6.45) is -0.349. The zero-order chi connectivity index (χ0) is 9.56. The van der Waals surface area contributed by atoms with Crippen LogP contribution in [0.5, 0.6) is 0 Å². The first-order valence-electron chi connectivity index (χ1n) is 3.44. The molecule has 0 aromatic heterocycles. The number of aliphatic carboxylic acids is 1. The highest BCUT2D eigenvalue weighted by atomic mass is 32.1. The lowest BCUT2D eigenvalue weighted by Gasteiger charge is -2.08. The molecule has 4 N–H and O–H groups in total. The molecule has 0 fully saturated rings. The molecule has 0 unspecified atom stereocenters. The highest BCUT2D eigenvalue weighted by molar-refractivity contribution is 7.80. The van der Waals surface area contributed by atoms with Crippen molar-refractivity contribution >= 4 is 24.5 Å². The predicted octanol–water partition coefficient (Wildman–Crippen LogP) is -1.17. The maximum atomic E-state index is 10.9. The number of nitrogens with one attached hydrogen (secondary N) is 1. The highest BCUT2D eigenvalue weighted by Gasteiger charge is 2.15. The normalized spacial score (nSPS) is 12.2. The summed E-state index contributed by atoms with van der Waals surface area (Å²) in [5.41, 5.74) is 5.24. The summed E-state index contributed by atoms with van der Waals surface area (Å²) in [6.45, 7) is 0.398. The van der Waals surface area contributed by atoms with Gasteiger partial charge in [0.1, 0.15) is 0 Å². The van der Waals surface area contributed by atoms with Crippen molar-refractivity contribution in [3.05, 3.63) is 0 Å². The van der Waals surface area contributed by atoms with Crippen LogP contribution in [-0.4, -0.2) is 35.3 Å². The third-order valence-electron chi connectivity index (χ3n) is 1.14. The summed E-state index contributed by atoms with van der Waals surface area (Å²) < 4.78 is 0. The van der Waals surface area contributed by atoms with E-state index in [4.69, 9.17) is 10.8 Å². The second-order valence-electron chi connectivity index (χ2n) is 2.22. The zero-order valence-corrected chi connectivity index (χ0v) is 7.38. The maximum Gasteiger partial charge on any atom is 0.305 e. The number of carboxylic acids is 1. The Balaban J connectivity index is 3.69. The highest BCUT2D eigenvalue weighted by Crippen LogP contribution is 1.87.